The molecule has 3 rings (SSSR count). The Morgan fingerprint density at radius 3 is 2.47 bits per heavy atom. The minimum atomic E-state index is -4.31. The highest BCUT2D eigenvalue weighted by Crippen LogP contribution is 2.44. The number of nitrogens with one attached hydrogen (secondary N) is 1. The first kappa shape index (κ1) is 29.5. The molecular formula is C26H38N6O5S. The van der Waals surface area contributed by atoms with E-state index in [1.165, 1.54) is 6.34 Å². The molecule has 208 valence electrons. The van der Waals surface area contributed by atoms with Gasteiger partial charge in [-0.15, -0.1) is 0 Å². The van der Waals surface area contributed by atoms with Crippen molar-refractivity contribution >= 4 is 50.6 Å². The van der Waals surface area contributed by atoms with E-state index in [1.54, 1.807) is 13.0 Å². The summed E-state index contributed by atoms with van der Waals surface area (Å²) in [5.74, 6) is 4.98. The number of ketones is 1. The second-order valence-corrected chi connectivity index (χ2v) is 11.1. The lowest BCUT2D eigenvalue weighted by Crippen LogP contribution is -2.25. The molecule has 1 saturated heterocycles. The normalized spacial score (nSPS) is 14.1. The average molecular weight is 547 g/mol. The number of fused-ring (bicyclic) bond motifs is 1. The van der Waals surface area contributed by atoms with Gasteiger partial charge in [0, 0.05) is 65.9 Å². The van der Waals surface area contributed by atoms with Crippen molar-refractivity contribution in [1.82, 2.24) is 5.43 Å². The number of hydrazine groups is 1. The molecule has 1 heterocycles. The summed E-state index contributed by atoms with van der Waals surface area (Å²) in [6.45, 7) is 3.16. The van der Waals surface area contributed by atoms with Crippen molar-refractivity contribution in [2.24, 2.45) is 16.0 Å². The lowest BCUT2D eigenvalue weighted by atomic mass is 9.89. The Hall–Kier alpha value is -3.06. The quantitative estimate of drug-likeness (QED) is 0.0343. The zero-order valence-electron chi connectivity index (χ0n) is 21.8. The van der Waals surface area contributed by atoms with Gasteiger partial charge in [0.25, 0.3) is 0 Å². The number of benzene rings is 2. The van der Waals surface area contributed by atoms with E-state index in [9.17, 15) is 23.1 Å². The maximum absolute atomic E-state index is 13.2. The fourth-order valence-electron chi connectivity index (χ4n) is 5.33. The summed E-state index contributed by atoms with van der Waals surface area (Å²) >= 11 is 0. The van der Waals surface area contributed by atoms with Gasteiger partial charge in [-0.1, -0.05) is 12.8 Å². The second-order valence-electron chi connectivity index (χ2n) is 9.58. The number of unbranched alkanes of at least 4 members (excludes halogenated alkanes) is 3. The highest BCUT2D eigenvalue weighted by Gasteiger charge is 2.31. The molecule has 2 aromatic rings. The summed E-state index contributed by atoms with van der Waals surface area (Å²) in [6, 6.07) is 1.58. The van der Waals surface area contributed by atoms with Crippen LogP contribution < -0.4 is 27.0 Å². The van der Waals surface area contributed by atoms with Crippen LogP contribution in [-0.2, 0) is 27.8 Å². The van der Waals surface area contributed by atoms with Gasteiger partial charge in [-0.25, -0.2) is 19.4 Å². The Morgan fingerprint density at radius 1 is 1.18 bits per heavy atom. The highest BCUT2D eigenvalue weighted by molar-refractivity contribution is 7.89. The van der Waals surface area contributed by atoms with Crippen LogP contribution in [0.15, 0.2) is 16.0 Å². The third-order valence-corrected chi connectivity index (χ3v) is 8.14. The molecule has 1 aliphatic heterocycles. The highest BCUT2D eigenvalue weighted by atomic mass is 32.2. The van der Waals surface area contributed by atoms with E-state index in [2.05, 4.69) is 10.4 Å². The summed E-state index contributed by atoms with van der Waals surface area (Å²) in [4.78, 5) is 30.8. The van der Waals surface area contributed by atoms with E-state index in [4.69, 9.17) is 16.7 Å². The molecule has 0 aliphatic carbocycles. The molecule has 0 bridgehead atoms. The molecule has 12 heteroatoms. The van der Waals surface area contributed by atoms with Crippen molar-refractivity contribution < 1.29 is 23.1 Å². The minimum Gasteiger partial charge on any atom is -0.398 e. The SMILES string of the molecule is Cc1c(N)c(C(=O)CCCCCCN=CNN)cc2c(CO)c(S(N)(=O)=O)c(CC=O)c(N3CCCC3)c12. The number of nitrogens with two attached hydrogens (primary N) is 3. The zero-order chi connectivity index (χ0) is 27.9. The number of aliphatic hydroxyl groups is 1. The van der Waals surface area contributed by atoms with E-state index in [0.29, 0.717) is 65.6 Å². The van der Waals surface area contributed by atoms with Crippen LogP contribution in [0.25, 0.3) is 10.8 Å². The van der Waals surface area contributed by atoms with E-state index in [0.717, 1.165) is 32.1 Å². The Morgan fingerprint density at radius 2 is 1.87 bits per heavy atom. The number of Topliss-reactive ketones (excluding diaryl/α,β-unsaturated/α-hetero) is 1. The largest absolute Gasteiger partial charge is 0.398 e. The molecule has 0 unspecified atom stereocenters. The number of carbonyl (C=O) groups excluding carboxylic acids is 2. The van der Waals surface area contributed by atoms with Crippen molar-refractivity contribution in [1.29, 1.82) is 0 Å². The molecule has 0 atom stereocenters. The molecule has 0 amide bonds. The number of nitrogens with zero attached hydrogens (tertiary/aromatic N) is 2. The molecule has 1 fully saturated rings. The maximum Gasteiger partial charge on any atom is 0.238 e. The monoisotopic (exact) mass is 546 g/mol. The summed E-state index contributed by atoms with van der Waals surface area (Å²) < 4.78 is 25.6. The number of aliphatic imine (C=N–C) groups is 1. The van der Waals surface area contributed by atoms with Gasteiger partial charge in [-0.3, -0.25) is 9.79 Å². The predicted molar refractivity (Wildman–Crippen MR) is 150 cm³/mol. The minimum absolute atomic E-state index is 0.0759. The standard InChI is InChI=1S/C26H38N6O5S/c1-17-23-19(14-20(24(17)27)22(35)8-4-2-3-5-10-30-16-31-28)21(15-34)26(38(29,36)37)18(9-13-33)25(23)32-11-6-7-12-32/h13-14,16,34H,2-12,15,27-28H2,1H3,(H,30,31)(H2,29,36,37). The molecule has 0 saturated carbocycles. The molecule has 0 radical (unpaired) electrons. The van der Waals surface area contributed by atoms with E-state index < -0.39 is 16.6 Å². The number of aryl methyl sites for hydroxylation is 1. The van der Waals surface area contributed by atoms with E-state index >= 15 is 0 Å². The molecule has 38 heavy (non-hydrogen) atoms. The van der Waals surface area contributed by atoms with Crippen LogP contribution in [0.4, 0.5) is 11.4 Å². The lowest BCUT2D eigenvalue weighted by molar-refractivity contribution is -0.107. The molecule has 11 nitrogen and oxygen atoms in total. The Bertz CT molecular complexity index is 1320. The molecule has 1 aliphatic rings. The van der Waals surface area contributed by atoms with E-state index in [1.807, 2.05) is 4.90 Å². The second kappa shape index (κ2) is 13.1. The number of sulfonamides is 1. The van der Waals surface area contributed by atoms with Crippen LogP contribution in [0.3, 0.4) is 0 Å². The summed E-state index contributed by atoms with van der Waals surface area (Å²) in [6.07, 6.45) is 7.29. The molecule has 2 aromatic carbocycles. The number of hydrogen-bond acceptors (Lipinski definition) is 9. The first-order chi connectivity index (χ1) is 18.2. The number of carbonyl (C=O) groups is 2. The molecule has 0 aromatic heterocycles. The number of anilines is 2. The van der Waals surface area contributed by atoms with Crippen molar-refractivity contribution in [3.63, 3.8) is 0 Å². The first-order valence-corrected chi connectivity index (χ1v) is 14.4. The third-order valence-electron chi connectivity index (χ3n) is 7.08. The Kier molecular flexibility index (Phi) is 10.2. The van der Waals surface area contributed by atoms with E-state index in [-0.39, 0.29) is 34.6 Å². The number of primary sulfonamides is 1. The molecule has 8 N–H and O–H groups in total. The predicted octanol–water partition coefficient (Wildman–Crippen LogP) is 1.84. The van der Waals surface area contributed by atoms with Crippen molar-refractivity contribution in [2.75, 3.05) is 30.3 Å². The van der Waals surface area contributed by atoms with Crippen LogP contribution in [-0.4, -0.2) is 51.6 Å². The van der Waals surface area contributed by atoms with Crippen LogP contribution in [0, 0.1) is 6.92 Å². The van der Waals surface area contributed by atoms with Crippen LogP contribution in [0.1, 0.15) is 72.0 Å². The Labute approximate surface area is 223 Å². The summed E-state index contributed by atoms with van der Waals surface area (Å²) in [7, 11) is -4.31. The van der Waals surface area contributed by atoms with Crippen LogP contribution >= 0.6 is 0 Å². The fourth-order valence-corrected chi connectivity index (χ4v) is 6.37. The van der Waals surface area contributed by atoms with Gasteiger partial charge in [-0.05, 0) is 49.6 Å². The number of aliphatic hydroxyl groups excluding tert-OH is 1. The third kappa shape index (κ3) is 6.32. The number of aldehydes is 1. The van der Waals surface area contributed by atoms with Gasteiger partial charge in [0.15, 0.2) is 5.78 Å². The van der Waals surface area contributed by atoms with Gasteiger partial charge < -0.3 is 26.0 Å². The fraction of sp³-hybridized carbons (Fsp3) is 0.500. The van der Waals surface area contributed by atoms with Crippen molar-refractivity contribution in [3.8, 4) is 0 Å². The topological polar surface area (TPSA) is 194 Å². The zero-order valence-corrected chi connectivity index (χ0v) is 22.6. The lowest BCUT2D eigenvalue weighted by Gasteiger charge is -2.28. The number of hydrogen-bond donors (Lipinski definition) is 5. The Balaban J connectivity index is 2.10. The average Bonchev–Trinajstić information content (AvgIpc) is 3.41. The number of rotatable bonds is 14. The van der Waals surface area contributed by atoms with Gasteiger partial charge in [0.05, 0.1) is 17.8 Å². The van der Waals surface area contributed by atoms with Gasteiger partial charge in [0.2, 0.25) is 10.0 Å². The smallest absolute Gasteiger partial charge is 0.238 e. The number of nitrogen functional groups attached to an aromatic ring is 1. The van der Waals surface area contributed by atoms with Crippen LogP contribution in [0.5, 0.6) is 0 Å². The van der Waals surface area contributed by atoms with Crippen molar-refractivity contribution in [2.45, 2.75) is 69.8 Å². The van der Waals surface area contributed by atoms with Crippen LogP contribution in [0.2, 0.25) is 0 Å². The van der Waals surface area contributed by atoms with Gasteiger partial charge in [0.1, 0.15) is 6.29 Å². The maximum atomic E-state index is 13.2. The summed E-state index contributed by atoms with van der Waals surface area (Å²) in [5.41, 5.74) is 11.0. The molecular weight excluding hydrogens is 508 g/mol. The van der Waals surface area contributed by atoms with Crippen molar-refractivity contribution in [3.05, 3.63) is 28.3 Å². The summed E-state index contributed by atoms with van der Waals surface area (Å²) in [5, 5.41) is 17.0. The van der Waals surface area contributed by atoms with Gasteiger partial charge in [-0.2, -0.15) is 0 Å². The van der Waals surface area contributed by atoms with Gasteiger partial charge >= 0.3 is 0 Å². The molecule has 0 spiro atoms. The first-order valence-electron chi connectivity index (χ1n) is 12.9.